The Bertz CT molecular complexity index is 1010. The highest BCUT2D eigenvalue weighted by atomic mass is 16.5. The predicted molar refractivity (Wildman–Crippen MR) is 109 cm³/mol. The molecule has 1 atom stereocenters. The fourth-order valence-electron chi connectivity index (χ4n) is 2.87. The van der Waals surface area contributed by atoms with E-state index in [2.05, 4.69) is 5.32 Å². The van der Waals surface area contributed by atoms with Crippen LogP contribution in [0.4, 0.5) is 4.79 Å². The number of hydrogen-bond donors (Lipinski definition) is 2. The summed E-state index contributed by atoms with van der Waals surface area (Å²) in [5, 5.41) is 11.6. The number of nitrogens with zero attached hydrogens (tertiary/aromatic N) is 1. The Morgan fingerprint density at radius 2 is 1.87 bits per heavy atom. The van der Waals surface area contributed by atoms with Crippen LogP contribution < -0.4 is 14.8 Å². The first-order valence-corrected chi connectivity index (χ1v) is 9.26. The predicted octanol–water partition coefficient (Wildman–Crippen LogP) is 2.95. The van der Waals surface area contributed by atoms with Gasteiger partial charge in [0, 0.05) is 0 Å². The van der Waals surface area contributed by atoms with Crippen molar-refractivity contribution in [2.24, 2.45) is 0 Å². The van der Waals surface area contributed by atoms with Crippen LogP contribution >= 0.6 is 0 Å². The minimum atomic E-state index is -1.10. The lowest BCUT2D eigenvalue weighted by atomic mass is 10.1. The highest BCUT2D eigenvalue weighted by Gasteiger charge is 2.33. The molecular formula is C22H22N2O6. The average molecular weight is 410 g/mol. The Kier molecular flexibility index (Phi) is 6.06. The molecule has 1 fully saturated rings. The maximum atomic E-state index is 12.7. The molecule has 0 aromatic heterocycles. The van der Waals surface area contributed by atoms with Gasteiger partial charge in [0.1, 0.15) is 5.70 Å². The zero-order valence-corrected chi connectivity index (χ0v) is 16.8. The lowest BCUT2D eigenvalue weighted by molar-refractivity contribution is -0.144. The molecule has 1 aliphatic rings. The van der Waals surface area contributed by atoms with E-state index < -0.39 is 24.0 Å². The molecule has 0 unspecified atom stereocenters. The second kappa shape index (κ2) is 8.69. The highest BCUT2D eigenvalue weighted by molar-refractivity contribution is 6.13. The van der Waals surface area contributed by atoms with E-state index in [0.717, 1.165) is 16.0 Å². The molecule has 2 aromatic carbocycles. The molecule has 156 valence electrons. The number of carboxylic acid groups (broad SMARTS) is 1. The fraction of sp³-hybridized carbons (Fsp3) is 0.227. The van der Waals surface area contributed by atoms with Crippen LogP contribution in [-0.2, 0) is 16.1 Å². The number of imide groups is 1. The van der Waals surface area contributed by atoms with E-state index in [1.807, 2.05) is 31.2 Å². The third-order valence-electron chi connectivity index (χ3n) is 4.57. The van der Waals surface area contributed by atoms with Gasteiger partial charge in [0.15, 0.2) is 17.6 Å². The standard InChI is InChI=1S/C22H22N2O6/c1-13-4-6-15(7-5-13)12-24-20(25)17(23-22(24)28)10-16-8-9-18(19(11-16)29-3)30-14(2)21(26)27/h4-11,14H,12H2,1-3H3,(H,23,28)(H,26,27)/b17-10-/t14-/m1/s1. The van der Waals surface area contributed by atoms with Gasteiger partial charge in [0.25, 0.3) is 5.91 Å². The molecule has 1 aliphatic heterocycles. The SMILES string of the molecule is COc1cc(/C=C2\NC(=O)N(Cc3ccc(C)cc3)C2=O)ccc1O[C@H](C)C(=O)O. The van der Waals surface area contributed by atoms with Crippen molar-refractivity contribution in [3.8, 4) is 11.5 Å². The molecule has 0 aliphatic carbocycles. The zero-order valence-electron chi connectivity index (χ0n) is 16.8. The first-order valence-electron chi connectivity index (χ1n) is 9.26. The van der Waals surface area contributed by atoms with Crippen molar-refractivity contribution in [3.05, 3.63) is 64.9 Å². The van der Waals surface area contributed by atoms with Gasteiger partial charge in [0.2, 0.25) is 0 Å². The van der Waals surface area contributed by atoms with Crippen LogP contribution in [-0.4, -0.2) is 41.1 Å². The Morgan fingerprint density at radius 1 is 1.17 bits per heavy atom. The van der Waals surface area contributed by atoms with E-state index in [1.54, 1.807) is 18.2 Å². The van der Waals surface area contributed by atoms with Crippen LogP contribution in [0.1, 0.15) is 23.6 Å². The Hall–Kier alpha value is -3.81. The molecule has 0 saturated carbocycles. The summed E-state index contributed by atoms with van der Waals surface area (Å²) < 4.78 is 10.6. The van der Waals surface area contributed by atoms with Crippen LogP contribution in [0, 0.1) is 6.92 Å². The molecule has 1 heterocycles. The van der Waals surface area contributed by atoms with Gasteiger partial charge in [-0.25, -0.2) is 9.59 Å². The van der Waals surface area contributed by atoms with Gasteiger partial charge in [-0.2, -0.15) is 0 Å². The minimum absolute atomic E-state index is 0.140. The van der Waals surface area contributed by atoms with Crippen molar-refractivity contribution in [2.75, 3.05) is 7.11 Å². The average Bonchev–Trinajstić information content (AvgIpc) is 2.97. The van der Waals surface area contributed by atoms with Gasteiger partial charge in [-0.15, -0.1) is 0 Å². The summed E-state index contributed by atoms with van der Waals surface area (Å²) in [6.07, 6.45) is 0.483. The first-order chi connectivity index (χ1) is 14.3. The molecule has 3 amide bonds. The van der Waals surface area contributed by atoms with Crippen LogP contribution in [0.3, 0.4) is 0 Å². The molecule has 8 heteroatoms. The zero-order chi connectivity index (χ0) is 21.8. The topological polar surface area (TPSA) is 105 Å². The van der Waals surface area contributed by atoms with Gasteiger partial charge in [-0.1, -0.05) is 35.9 Å². The van der Waals surface area contributed by atoms with Crippen LogP contribution in [0.2, 0.25) is 0 Å². The normalized spacial score (nSPS) is 15.8. The quantitative estimate of drug-likeness (QED) is 0.537. The molecule has 0 radical (unpaired) electrons. The summed E-state index contributed by atoms with van der Waals surface area (Å²) in [7, 11) is 1.43. The van der Waals surface area contributed by atoms with E-state index in [0.29, 0.717) is 11.3 Å². The van der Waals surface area contributed by atoms with Crippen molar-refractivity contribution in [1.29, 1.82) is 0 Å². The monoisotopic (exact) mass is 410 g/mol. The summed E-state index contributed by atoms with van der Waals surface area (Å²) in [6.45, 7) is 3.55. The van der Waals surface area contributed by atoms with Crippen molar-refractivity contribution in [2.45, 2.75) is 26.5 Å². The van der Waals surface area contributed by atoms with Gasteiger partial charge in [-0.05, 0) is 43.2 Å². The summed E-state index contributed by atoms with van der Waals surface area (Å²) in [5.74, 6) is -0.960. The van der Waals surface area contributed by atoms with Gasteiger partial charge in [0.05, 0.1) is 13.7 Å². The maximum Gasteiger partial charge on any atom is 0.344 e. The number of ether oxygens (including phenoxy) is 2. The fourth-order valence-corrected chi connectivity index (χ4v) is 2.87. The molecule has 0 bridgehead atoms. The molecule has 3 rings (SSSR count). The molecule has 2 N–H and O–H groups in total. The van der Waals surface area contributed by atoms with Gasteiger partial charge >= 0.3 is 12.0 Å². The summed E-state index contributed by atoms with van der Waals surface area (Å²) in [6, 6.07) is 11.9. The number of amides is 3. The van der Waals surface area contributed by atoms with Crippen LogP contribution in [0.5, 0.6) is 11.5 Å². The van der Waals surface area contributed by atoms with Crippen molar-refractivity contribution in [3.63, 3.8) is 0 Å². The van der Waals surface area contributed by atoms with Crippen molar-refractivity contribution >= 4 is 24.0 Å². The number of carboxylic acids is 1. The number of carbonyl (C=O) groups excluding carboxylic acids is 2. The van der Waals surface area contributed by atoms with E-state index >= 15 is 0 Å². The highest BCUT2D eigenvalue weighted by Crippen LogP contribution is 2.30. The number of nitrogens with one attached hydrogen (secondary N) is 1. The molecule has 0 spiro atoms. The number of methoxy groups -OCH3 is 1. The number of carbonyl (C=O) groups is 3. The smallest absolute Gasteiger partial charge is 0.344 e. The Labute approximate surface area is 173 Å². The molecule has 2 aromatic rings. The second-order valence-electron chi connectivity index (χ2n) is 6.87. The minimum Gasteiger partial charge on any atom is -0.493 e. The molecule has 30 heavy (non-hydrogen) atoms. The first kappa shape index (κ1) is 20.9. The lowest BCUT2D eigenvalue weighted by Gasteiger charge is -2.14. The number of rotatable bonds is 7. The number of aliphatic carboxylic acids is 1. The number of urea groups is 1. The third-order valence-corrected chi connectivity index (χ3v) is 4.57. The summed E-state index contributed by atoms with van der Waals surface area (Å²) >= 11 is 0. The molecule has 8 nitrogen and oxygen atoms in total. The van der Waals surface area contributed by atoms with Crippen LogP contribution in [0.25, 0.3) is 6.08 Å². The van der Waals surface area contributed by atoms with Crippen LogP contribution in [0.15, 0.2) is 48.2 Å². The van der Waals surface area contributed by atoms with Crippen molar-refractivity contribution < 1.29 is 29.0 Å². The summed E-state index contributed by atoms with van der Waals surface area (Å²) in [5.41, 5.74) is 2.67. The number of benzene rings is 2. The van der Waals surface area contributed by atoms with E-state index in [1.165, 1.54) is 20.1 Å². The largest absolute Gasteiger partial charge is 0.493 e. The second-order valence-corrected chi connectivity index (χ2v) is 6.87. The Balaban J connectivity index is 1.79. The maximum absolute atomic E-state index is 12.7. The summed E-state index contributed by atoms with van der Waals surface area (Å²) in [4.78, 5) is 37.1. The Morgan fingerprint density at radius 3 is 2.50 bits per heavy atom. The van der Waals surface area contributed by atoms with Gasteiger partial charge < -0.3 is 19.9 Å². The van der Waals surface area contributed by atoms with E-state index in [9.17, 15) is 14.4 Å². The molecule has 1 saturated heterocycles. The van der Waals surface area contributed by atoms with E-state index in [4.69, 9.17) is 14.6 Å². The number of aryl methyl sites for hydroxylation is 1. The lowest BCUT2D eigenvalue weighted by Crippen LogP contribution is -2.30. The van der Waals surface area contributed by atoms with Gasteiger partial charge in [-0.3, -0.25) is 9.69 Å². The van der Waals surface area contributed by atoms with E-state index in [-0.39, 0.29) is 18.0 Å². The third kappa shape index (κ3) is 4.60. The van der Waals surface area contributed by atoms with Crippen molar-refractivity contribution in [1.82, 2.24) is 10.2 Å². The molecular weight excluding hydrogens is 388 g/mol. The number of hydrogen-bond acceptors (Lipinski definition) is 5.